The lowest BCUT2D eigenvalue weighted by molar-refractivity contribution is -0.149. The van der Waals surface area contributed by atoms with Crippen LogP contribution >= 0.6 is 0 Å². The predicted octanol–water partition coefficient (Wildman–Crippen LogP) is 5.45. The van der Waals surface area contributed by atoms with Gasteiger partial charge in [-0.15, -0.1) is 0 Å². The maximum atomic E-state index is 14.4. The molecule has 6 amide bonds. The molecule has 2 unspecified atom stereocenters. The van der Waals surface area contributed by atoms with Gasteiger partial charge in [-0.2, -0.15) is 0 Å². The van der Waals surface area contributed by atoms with Gasteiger partial charge >= 0.3 is 11.9 Å². The third-order valence-electron chi connectivity index (χ3n) is 10.9. The van der Waals surface area contributed by atoms with Crippen LogP contribution in [0.2, 0.25) is 0 Å². The average Bonchev–Trinajstić information content (AvgIpc) is 3.22. The Hall–Kier alpha value is -6.96. The number of ether oxygens (including phenoxy) is 2. The smallest absolute Gasteiger partial charge is 0.329 e. The Labute approximate surface area is 344 Å². The van der Waals surface area contributed by atoms with E-state index in [-0.39, 0.29) is 73.2 Å². The van der Waals surface area contributed by atoms with Gasteiger partial charge in [-0.1, -0.05) is 65.1 Å². The van der Waals surface area contributed by atoms with Crippen LogP contribution in [0.5, 0.6) is 0 Å². The fourth-order valence-electron chi connectivity index (χ4n) is 8.37. The van der Waals surface area contributed by atoms with Gasteiger partial charge in [-0.25, -0.2) is 9.59 Å². The standard InChI is InChI=1S/C46H44N4O10/c1-7-35(51)47-17-19-59-45(57)33(21-23(3)4)49-41(53)29-13-9-25-27-11-15-31-40-32(16-12-28(38(27)40)26-10-14-30(42(49)54)39(29)37(25)26)44(56)50(43(31)55)34(22-24(5)6)46(58)60-20-18-48-36(52)8-2/h7-16,23-24,33-34H,1-2,17-22H2,3-6H3,(H,47,51)(H,48,52). The second-order valence-corrected chi connectivity index (χ2v) is 15.7. The molecule has 2 aliphatic rings. The maximum Gasteiger partial charge on any atom is 0.329 e. The number of imide groups is 2. The Kier molecular flexibility index (Phi) is 11.2. The number of fused-ring (bicyclic) bond motifs is 2. The Morgan fingerprint density at radius 2 is 0.833 bits per heavy atom. The Morgan fingerprint density at radius 3 is 1.10 bits per heavy atom. The molecule has 0 saturated heterocycles. The fourth-order valence-corrected chi connectivity index (χ4v) is 8.37. The molecule has 2 heterocycles. The van der Waals surface area contributed by atoms with Crippen molar-refractivity contribution in [1.82, 2.24) is 20.4 Å². The van der Waals surface area contributed by atoms with Gasteiger partial charge in [-0.3, -0.25) is 38.6 Å². The Morgan fingerprint density at radius 1 is 0.533 bits per heavy atom. The molecule has 0 radical (unpaired) electrons. The van der Waals surface area contributed by atoms with Crippen LogP contribution in [0.1, 0.15) is 82.0 Å². The van der Waals surface area contributed by atoms with Gasteiger partial charge in [0.15, 0.2) is 0 Å². The summed E-state index contributed by atoms with van der Waals surface area (Å²) >= 11 is 0. The van der Waals surface area contributed by atoms with Crippen molar-refractivity contribution in [1.29, 1.82) is 0 Å². The lowest BCUT2D eigenvalue weighted by atomic mass is 9.81. The number of amides is 6. The number of rotatable bonds is 16. The summed E-state index contributed by atoms with van der Waals surface area (Å²) in [5, 5.41) is 9.92. The second-order valence-electron chi connectivity index (χ2n) is 15.7. The number of carbonyl (C=O) groups excluding carboxylic acids is 8. The van der Waals surface area contributed by atoms with Crippen LogP contribution in [0.15, 0.2) is 73.8 Å². The third kappa shape index (κ3) is 7.01. The minimum Gasteiger partial charge on any atom is -0.462 e. The van der Waals surface area contributed by atoms with E-state index in [1.54, 1.807) is 48.5 Å². The second kappa shape index (κ2) is 16.4. The minimum absolute atomic E-state index is 0.0194. The van der Waals surface area contributed by atoms with Crippen LogP contribution in [-0.2, 0) is 28.7 Å². The van der Waals surface area contributed by atoms with Gasteiger partial charge < -0.3 is 20.1 Å². The predicted molar refractivity (Wildman–Crippen MR) is 223 cm³/mol. The van der Waals surface area contributed by atoms with Gasteiger partial charge in [0.05, 0.1) is 13.1 Å². The molecule has 7 rings (SSSR count). The first-order chi connectivity index (χ1) is 28.7. The largest absolute Gasteiger partial charge is 0.462 e. The Bertz CT molecular complexity index is 2400. The molecule has 14 nitrogen and oxygen atoms in total. The molecule has 5 aromatic carbocycles. The van der Waals surface area contributed by atoms with E-state index in [9.17, 15) is 38.4 Å². The zero-order valence-electron chi connectivity index (χ0n) is 33.7. The highest BCUT2D eigenvalue weighted by atomic mass is 16.5. The molecular weight excluding hydrogens is 769 g/mol. The molecule has 0 fully saturated rings. The first-order valence-corrected chi connectivity index (χ1v) is 19.8. The van der Waals surface area contributed by atoms with E-state index in [4.69, 9.17) is 9.47 Å². The fraction of sp³-hybridized carbons (Fsp3) is 0.304. The van der Waals surface area contributed by atoms with E-state index in [0.717, 1.165) is 22.0 Å². The van der Waals surface area contributed by atoms with Crippen LogP contribution in [0.4, 0.5) is 0 Å². The van der Waals surface area contributed by atoms with Crippen LogP contribution in [0, 0.1) is 11.8 Å². The van der Waals surface area contributed by atoms with E-state index in [2.05, 4.69) is 23.8 Å². The van der Waals surface area contributed by atoms with E-state index in [0.29, 0.717) is 43.1 Å². The monoisotopic (exact) mass is 812 g/mol. The highest BCUT2D eigenvalue weighted by molar-refractivity contribution is 6.41. The summed E-state index contributed by atoms with van der Waals surface area (Å²) in [4.78, 5) is 110. The molecule has 2 atom stereocenters. The molecule has 2 N–H and O–H groups in total. The van der Waals surface area contributed by atoms with Crippen molar-refractivity contribution in [3.05, 3.63) is 96.1 Å². The number of carbonyl (C=O) groups is 8. The van der Waals surface area contributed by atoms with Crippen molar-refractivity contribution >= 4 is 90.5 Å². The van der Waals surface area contributed by atoms with E-state index in [1.807, 2.05) is 27.7 Å². The number of hydrogen-bond donors (Lipinski definition) is 2. The van der Waals surface area contributed by atoms with Crippen molar-refractivity contribution in [2.45, 2.75) is 52.6 Å². The van der Waals surface area contributed by atoms with Crippen molar-refractivity contribution in [3.63, 3.8) is 0 Å². The first kappa shape index (κ1) is 41.2. The molecule has 2 aliphatic heterocycles. The third-order valence-corrected chi connectivity index (χ3v) is 10.9. The number of nitrogens with zero attached hydrogens (tertiary/aromatic N) is 2. The average molecular weight is 813 g/mol. The molecule has 308 valence electrons. The normalized spacial score (nSPS) is 14.7. The summed E-state index contributed by atoms with van der Waals surface area (Å²) in [7, 11) is 0. The van der Waals surface area contributed by atoms with Gasteiger partial charge in [0.1, 0.15) is 25.3 Å². The molecule has 60 heavy (non-hydrogen) atoms. The van der Waals surface area contributed by atoms with Crippen molar-refractivity contribution in [2.24, 2.45) is 11.8 Å². The first-order valence-electron chi connectivity index (χ1n) is 19.8. The summed E-state index contributed by atoms with van der Waals surface area (Å²) in [6.45, 7) is 13.9. The number of benzene rings is 5. The molecule has 0 bridgehead atoms. The molecule has 0 saturated carbocycles. The summed E-state index contributed by atoms with van der Waals surface area (Å²) in [5.74, 6) is -5.21. The summed E-state index contributed by atoms with van der Waals surface area (Å²) in [6.07, 6.45) is 2.48. The molecule has 0 aliphatic carbocycles. The lowest BCUT2D eigenvalue weighted by Crippen LogP contribution is -2.52. The van der Waals surface area contributed by atoms with Gasteiger partial charge in [0.2, 0.25) is 11.8 Å². The summed E-state index contributed by atoms with van der Waals surface area (Å²) in [5.41, 5.74) is 0.912. The molecule has 0 spiro atoms. The highest BCUT2D eigenvalue weighted by Crippen LogP contribution is 2.47. The van der Waals surface area contributed by atoms with Gasteiger partial charge in [-0.05, 0) is 93.4 Å². The van der Waals surface area contributed by atoms with Gasteiger partial charge in [0, 0.05) is 33.0 Å². The van der Waals surface area contributed by atoms with E-state index >= 15 is 0 Å². The number of esters is 2. The minimum atomic E-state index is -1.23. The zero-order valence-corrected chi connectivity index (χ0v) is 33.7. The summed E-state index contributed by atoms with van der Waals surface area (Å²) < 4.78 is 10.9. The van der Waals surface area contributed by atoms with Gasteiger partial charge in [0.25, 0.3) is 23.6 Å². The van der Waals surface area contributed by atoms with Crippen LogP contribution < -0.4 is 10.6 Å². The SMILES string of the molecule is C=CC(=O)NCCOC(=O)C(CC(C)C)N1C(=O)c2ccc3c4ccc5c6c(ccc(c7ccc(c2c37)C1=O)c64)C(=O)N(C(CC(C)C)C(=O)OCCNC(=O)C=C)C5=O. The number of nitrogens with one attached hydrogen (secondary N) is 2. The molecule has 5 aromatic rings. The van der Waals surface area contributed by atoms with E-state index in [1.165, 1.54) is 0 Å². The molecule has 14 heteroatoms. The number of hydrogen-bond acceptors (Lipinski definition) is 10. The highest BCUT2D eigenvalue weighted by Gasteiger charge is 2.44. The zero-order chi connectivity index (χ0) is 43.2. The van der Waals surface area contributed by atoms with Crippen molar-refractivity contribution in [2.75, 3.05) is 26.3 Å². The van der Waals surface area contributed by atoms with Crippen LogP contribution in [0.3, 0.4) is 0 Å². The quantitative estimate of drug-likeness (QED) is 0.0324. The van der Waals surface area contributed by atoms with Crippen molar-refractivity contribution < 1.29 is 47.8 Å². The topological polar surface area (TPSA) is 186 Å². The molecular formula is C46H44N4O10. The summed E-state index contributed by atoms with van der Waals surface area (Å²) in [6, 6.07) is 11.1. The maximum absolute atomic E-state index is 14.4. The van der Waals surface area contributed by atoms with Crippen LogP contribution in [0.25, 0.3) is 43.1 Å². The molecule has 0 aromatic heterocycles. The van der Waals surface area contributed by atoms with Crippen LogP contribution in [-0.4, -0.2) is 95.6 Å². The lowest BCUT2D eigenvalue weighted by Gasteiger charge is -2.34. The van der Waals surface area contributed by atoms with Crippen molar-refractivity contribution in [3.8, 4) is 0 Å². The Balaban J connectivity index is 1.28. The van der Waals surface area contributed by atoms with E-state index < -0.39 is 59.5 Å².